The Balaban J connectivity index is 2.40. The minimum absolute atomic E-state index is 0.340. The van der Waals surface area contributed by atoms with Crippen molar-refractivity contribution in [2.45, 2.75) is 25.7 Å². The summed E-state index contributed by atoms with van der Waals surface area (Å²) in [5.41, 5.74) is 0.918. The van der Waals surface area contributed by atoms with Crippen LogP contribution in [0.5, 0.6) is 0 Å². The third-order valence-corrected chi connectivity index (χ3v) is 1.71. The number of allylic oxidation sites excluding steroid dienone is 3. The first-order chi connectivity index (χ1) is 5.70. The average Bonchev–Trinajstić information content (AvgIpc) is 2.06. The Kier molecular flexibility index (Phi) is 3.31. The van der Waals surface area contributed by atoms with Gasteiger partial charge in [-0.15, -0.1) is 0 Å². The Morgan fingerprint density at radius 2 is 2.25 bits per heavy atom. The van der Waals surface area contributed by atoms with Gasteiger partial charge >= 0.3 is 0 Å². The van der Waals surface area contributed by atoms with Gasteiger partial charge in [0.15, 0.2) is 6.29 Å². The van der Waals surface area contributed by atoms with Gasteiger partial charge < -0.3 is 15.5 Å². The van der Waals surface area contributed by atoms with Gasteiger partial charge in [0.1, 0.15) is 0 Å². The molecule has 3 N–H and O–H groups in total. The van der Waals surface area contributed by atoms with E-state index in [1.807, 2.05) is 24.6 Å². The zero-order valence-electron chi connectivity index (χ0n) is 7.07. The van der Waals surface area contributed by atoms with Crippen molar-refractivity contribution in [3.63, 3.8) is 0 Å². The second-order valence-electron chi connectivity index (χ2n) is 2.84. The predicted octanol–water partition coefficient (Wildman–Crippen LogP) is 0.323. The summed E-state index contributed by atoms with van der Waals surface area (Å²) in [4.78, 5) is 0. The van der Waals surface area contributed by atoms with Gasteiger partial charge in [-0.25, -0.2) is 0 Å². The van der Waals surface area contributed by atoms with E-state index in [-0.39, 0.29) is 6.04 Å². The van der Waals surface area contributed by atoms with E-state index in [1.165, 1.54) is 0 Å². The minimum atomic E-state index is -1.32. The molecule has 1 aliphatic carbocycles. The van der Waals surface area contributed by atoms with Crippen LogP contribution in [0.15, 0.2) is 23.9 Å². The van der Waals surface area contributed by atoms with E-state index < -0.39 is 6.29 Å². The van der Waals surface area contributed by atoms with Gasteiger partial charge in [0.25, 0.3) is 0 Å². The first-order valence-corrected chi connectivity index (χ1v) is 4.03. The molecule has 0 amide bonds. The maximum absolute atomic E-state index is 8.78. The van der Waals surface area contributed by atoms with Crippen molar-refractivity contribution in [3.8, 4) is 0 Å². The molecule has 3 heteroatoms. The number of nitrogens with one attached hydrogen (secondary N) is 1. The van der Waals surface area contributed by atoms with Crippen molar-refractivity contribution < 1.29 is 10.2 Å². The molecule has 0 spiro atoms. The summed E-state index contributed by atoms with van der Waals surface area (Å²) in [6.07, 6.45) is 7.51. The summed E-state index contributed by atoms with van der Waals surface area (Å²) in [5, 5.41) is 20.5. The monoisotopic (exact) mass is 168 g/mol. The van der Waals surface area contributed by atoms with Crippen LogP contribution < -0.4 is 5.32 Å². The highest BCUT2D eigenvalue weighted by molar-refractivity contribution is 5.25. The molecule has 0 heterocycles. The van der Waals surface area contributed by atoms with E-state index >= 15 is 0 Å². The molecular weight excluding hydrogens is 154 g/mol. The van der Waals surface area contributed by atoms with Crippen LogP contribution in [0.4, 0.5) is 0 Å². The molecule has 1 aliphatic rings. The van der Waals surface area contributed by atoms with E-state index in [2.05, 4.69) is 5.32 Å². The normalized spacial score (nSPS) is 19.2. The number of rotatable bonds is 3. The number of aliphatic hydroxyl groups excluding tert-OH is 1. The standard InChI is InChI=1S/C9H14NO2/c1-7(9(11)12)10-8-5-3-2-4-6-8/h3-7,9-12H,2H2,1H3/t7-/m0/s1. The lowest BCUT2D eigenvalue weighted by molar-refractivity contribution is -0.0601. The Bertz CT molecular complexity index is 197. The quantitative estimate of drug-likeness (QED) is 0.532. The highest BCUT2D eigenvalue weighted by Gasteiger charge is 2.10. The van der Waals surface area contributed by atoms with E-state index in [0.717, 1.165) is 12.1 Å². The maximum Gasteiger partial charge on any atom is 0.171 e. The van der Waals surface area contributed by atoms with Gasteiger partial charge in [-0.3, -0.25) is 0 Å². The summed E-state index contributed by atoms with van der Waals surface area (Å²) in [5.74, 6) is 0. The summed E-state index contributed by atoms with van der Waals surface area (Å²) >= 11 is 0. The van der Waals surface area contributed by atoms with E-state index in [0.29, 0.717) is 0 Å². The van der Waals surface area contributed by atoms with E-state index in [9.17, 15) is 0 Å². The molecule has 3 nitrogen and oxygen atoms in total. The lowest BCUT2D eigenvalue weighted by atomic mass is 10.1. The first kappa shape index (κ1) is 9.29. The maximum atomic E-state index is 8.78. The van der Waals surface area contributed by atoms with Gasteiger partial charge in [-0.1, -0.05) is 12.2 Å². The SMILES string of the molecule is C[C@H](NC1=C[CH]CC=C1)C(O)O. The molecule has 0 saturated heterocycles. The van der Waals surface area contributed by atoms with Crippen molar-refractivity contribution in [2.75, 3.05) is 0 Å². The Morgan fingerprint density at radius 1 is 1.50 bits per heavy atom. The fourth-order valence-corrected chi connectivity index (χ4v) is 0.958. The zero-order chi connectivity index (χ0) is 8.97. The molecule has 0 aromatic carbocycles. The van der Waals surface area contributed by atoms with Crippen LogP contribution in [0, 0.1) is 6.42 Å². The largest absolute Gasteiger partial charge is 0.378 e. The molecule has 0 aliphatic heterocycles. The molecule has 0 fully saturated rings. The molecular formula is C9H14NO2. The second-order valence-corrected chi connectivity index (χ2v) is 2.84. The predicted molar refractivity (Wildman–Crippen MR) is 47.0 cm³/mol. The van der Waals surface area contributed by atoms with Crippen LogP contribution in [0.25, 0.3) is 0 Å². The topological polar surface area (TPSA) is 52.5 Å². The lowest BCUT2D eigenvalue weighted by Crippen LogP contribution is -2.36. The molecule has 1 rings (SSSR count). The molecule has 1 radical (unpaired) electrons. The molecule has 67 valence electrons. The van der Waals surface area contributed by atoms with Gasteiger partial charge in [0.05, 0.1) is 6.04 Å². The van der Waals surface area contributed by atoms with Gasteiger partial charge in [0.2, 0.25) is 0 Å². The summed E-state index contributed by atoms with van der Waals surface area (Å²) < 4.78 is 0. The fraction of sp³-hybridized carbons (Fsp3) is 0.444. The van der Waals surface area contributed by atoms with Crippen molar-refractivity contribution in [3.05, 3.63) is 30.3 Å². The molecule has 0 saturated carbocycles. The average molecular weight is 168 g/mol. The van der Waals surface area contributed by atoms with Gasteiger partial charge in [0, 0.05) is 5.70 Å². The minimum Gasteiger partial charge on any atom is -0.378 e. The third kappa shape index (κ3) is 2.68. The number of hydrogen-bond donors (Lipinski definition) is 3. The Hall–Kier alpha value is -0.800. The molecule has 0 aromatic heterocycles. The van der Waals surface area contributed by atoms with E-state index in [4.69, 9.17) is 10.2 Å². The summed E-state index contributed by atoms with van der Waals surface area (Å²) in [6, 6.07) is -0.340. The number of hydrogen-bond acceptors (Lipinski definition) is 3. The smallest absolute Gasteiger partial charge is 0.171 e. The van der Waals surface area contributed by atoms with Crippen LogP contribution >= 0.6 is 0 Å². The van der Waals surface area contributed by atoms with E-state index in [1.54, 1.807) is 6.92 Å². The van der Waals surface area contributed by atoms with Crippen LogP contribution in [0.1, 0.15) is 13.3 Å². The molecule has 12 heavy (non-hydrogen) atoms. The van der Waals surface area contributed by atoms with Gasteiger partial charge in [-0.05, 0) is 25.8 Å². The van der Waals surface area contributed by atoms with Crippen molar-refractivity contribution in [2.24, 2.45) is 0 Å². The summed E-state index contributed by atoms with van der Waals surface area (Å²) in [6.45, 7) is 1.72. The highest BCUT2D eigenvalue weighted by Crippen LogP contribution is 2.06. The van der Waals surface area contributed by atoms with Gasteiger partial charge in [-0.2, -0.15) is 0 Å². The van der Waals surface area contributed by atoms with Crippen LogP contribution in [-0.2, 0) is 0 Å². The summed E-state index contributed by atoms with van der Waals surface area (Å²) in [7, 11) is 0. The molecule has 1 atom stereocenters. The van der Waals surface area contributed by atoms with Crippen LogP contribution in [-0.4, -0.2) is 22.5 Å². The molecule has 0 aromatic rings. The van der Waals surface area contributed by atoms with Crippen LogP contribution in [0.2, 0.25) is 0 Å². The molecule has 0 unspecified atom stereocenters. The Labute approximate surface area is 72.4 Å². The first-order valence-electron chi connectivity index (χ1n) is 4.03. The van der Waals surface area contributed by atoms with Crippen molar-refractivity contribution >= 4 is 0 Å². The number of aliphatic hydroxyl groups is 2. The van der Waals surface area contributed by atoms with Crippen molar-refractivity contribution in [1.29, 1.82) is 0 Å². The Morgan fingerprint density at radius 3 is 2.75 bits per heavy atom. The highest BCUT2D eigenvalue weighted by atomic mass is 16.5. The van der Waals surface area contributed by atoms with Crippen LogP contribution in [0.3, 0.4) is 0 Å². The second kappa shape index (κ2) is 4.28. The fourth-order valence-electron chi connectivity index (χ4n) is 0.958. The van der Waals surface area contributed by atoms with Crippen molar-refractivity contribution in [1.82, 2.24) is 5.32 Å². The third-order valence-electron chi connectivity index (χ3n) is 1.71. The zero-order valence-corrected chi connectivity index (χ0v) is 7.07. The lowest BCUT2D eigenvalue weighted by Gasteiger charge is -2.18. The molecule has 0 bridgehead atoms.